The molecule has 0 spiro atoms. The van der Waals surface area contributed by atoms with Crippen LogP contribution in [0.1, 0.15) is 72.1 Å². The highest BCUT2D eigenvalue weighted by Crippen LogP contribution is 2.24. The van der Waals surface area contributed by atoms with Gasteiger partial charge >= 0.3 is 6.18 Å². The zero-order chi connectivity index (χ0) is 15.5. The molecule has 0 heterocycles. The zero-order valence-corrected chi connectivity index (χ0v) is 13.6. The van der Waals surface area contributed by atoms with E-state index in [4.69, 9.17) is 0 Å². The Kier molecular flexibility index (Phi) is 10.3. The van der Waals surface area contributed by atoms with Crippen LogP contribution in [0.5, 0.6) is 0 Å². The predicted octanol–water partition coefficient (Wildman–Crippen LogP) is 5.55. The van der Waals surface area contributed by atoms with Gasteiger partial charge in [-0.3, -0.25) is 0 Å². The number of hydrogen-bond acceptors (Lipinski definition) is 0. The van der Waals surface area contributed by atoms with Gasteiger partial charge < -0.3 is 4.48 Å². The van der Waals surface area contributed by atoms with Gasteiger partial charge in [0.1, 0.15) is 0 Å². The highest BCUT2D eigenvalue weighted by Gasteiger charge is 2.31. The van der Waals surface area contributed by atoms with E-state index in [1.54, 1.807) is 0 Å². The van der Waals surface area contributed by atoms with E-state index in [0.717, 1.165) is 62.6 Å². The average molecular weight is 296 g/mol. The lowest BCUT2D eigenvalue weighted by Gasteiger charge is -2.39. The van der Waals surface area contributed by atoms with Crippen molar-refractivity contribution in [2.75, 3.05) is 26.2 Å². The maximum atomic E-state index is 12.4. The van der Waals surface area contributed by atoms with Gasteiger partial charge in [-0.1, -0.05) is 40.0 Å². The molecule has 20 heavy (non-hydrogen) atoms. The normalized spacial score (nSPS) is 12.9. The van der Waals surface area contributed by atoms with E-state index >= 15 is 0 Å². The lowest BCUT2D eigenvalue weighted by molar-refractivity contribution is -0.929. The SMILES string of the molecule is CCCC[N+](CCCC)(CCCC)CCCC(F)(F)F. The van der Waals surface area contributed by atoms with Crippen molar-refractivity contribution in [2.45, 2.75) is 78.3 Å². The van der Waals surface area contributed by atoms with Gasteiger partial charge in [0.2, 0.25) is 0 Å². The number of nitrogens with zero attached hydrogens (tertiary/aromatic N) is 1. The van der Waals surface area contributed by atoms with Crippen molar-refractivity contribution in [1.29, 1.82) is 0 Å². The van der Waals surface area contributed by atoms with Crippen molar-refractivity contribution in [3.8, 4) is 0 Å². The Labute approximate surface area is 123 Å². The average Bonchev–Trinajstić information content (AvgIpc) is 2.38. The summed E-state index contributed by atoms with van der Waals surface area (Å²) in [6.07, 6.45) is 2.39. The Balaban J connectivity index is 4.57. The molecule has 0 saturated carbocycles. The fraction of sp³-hybridized carbons (Fsp3) is 1.00. The lowest BCUT2D eigenvalue weighted by atomic mass is 10.1. The monoisotopic (exact) mass is 296 g/mol. The first-order valence-corrected chi connectivity index (χ1v) is 8.31. The third-order valence-electron chi connectivity index (χ3n) is 4.05. The smallest absolute Gasteiger partial charge is 0.324 e. The topological polar surface area (TPSA) is 0 Å². The van der Waals surface area contributed by atoms with Crippen molar-refractivity contribution < 1.29 is 17.7 Å². The quantitative estimate of drug-likeness (QED) is 0.414. The highest BCUT2D eigenvalue weighted by molar-refractivity contribution is 4.54. The number of unbranched alkanes of at least 4 members (excludes halogenated alkanes) is 3. The summed E-state index contributed by atoms with van der Waals surface area (Å²) >= 11 is 0. The molecule has 4 heteroatoms. The minimum absolute atomic E-state index is 0.278. The molecule has 0 N–H and O–H groups in total. The highest BCUT2D eigenvalue weighted by atomic mass is 19.4. The van der Waals surface area contributed by atoms with E-state index in [-0.39, 0.29) is 6.42 Å². The maximum absolute atomic E-state index is 12.4. The molecule has 0 aliphatic carbocycles. The maximum Gasteiger partial charge on any atom is 0.389 e. The number of hydrogen-bond donors (Lipinski definition) is 0. The summed E-state index contributed by atoms with van der Waals surface area (Å²) in [5.74, 6) is 0. The van der Waals surface area contributed by atoms with Crippen molar-refractivity contribution in [1.82, 2.24) is 0 Å². The minimum atomic E-state index is -4.00. The Bertz CT molecular complexity index is 204. The molecule has 0 aromatic carbocycles. The molecular weight excluding hydrogens is 263 g/mol. The van der Waals surface area contributed by atoms with E-state index in [1.165, 1.54) is 0 Å². The second-order valence-corrected chi connectivity index (χ2v) is 6.02. The van der Waals surface area contributed by atoms with Crippen LogP contribution in [-0.2, 0) is 0 Å². The molecule has 0 aliphatic rings. The summed E-state index contributed by atoms with van der Waals surface area (Å²) in [6, 6.07) is 0. The van der Waals surface area contributed by atoms with Gasteiger partial charge in [-0.2, -0.15) is 13.2 Å². The largest absolute Gasteiger partial charge is 0.389 e. The van der Waals surface area contributed by atoms with Crippen LogP contribution in [0, 0.1) is 0 Å². The summed E-state index contributed by atoms with van der Waals surface area (Å²) in [5.41, 5.74) is 0. The summed E-state index contributed by atoms with van der Waals surface area (Å²) in [7, 11) is 0. The van der Waals surface area contributed by atoms with E-state index in [0.29, 0.717) is 6.54 Å². The van der Waals surface area contributed by atoms with Gasteiger partial charge in [0, 0.05) is 12.8 Å². The van der Waals surface area contributed by atoms with Gasteiger partial charge in [0.15, 0.2) is 0 Å². The number of alkyl halides is 3. The van der Waals surface area contributed by atoms with Crippen molar-refractivity contribution >= 4 is 0 Å². The van der Waals surface area contributed by atoms with E-state index in [1.807, 2.05) is 0 Å². The third-order valence-corrected chi connectivity index (χ3v) is 4.05. The van der Waals surface area contributed by atoms with Gasteiger partial charge in [0.05, 0.1) is 26.2 Å². The Hall–Kier alpha value is -0.250. The van der Waals surface area contributed by atoms with Crippen LogP contribution in [0.25, 0.3) is 0 Å². The standard InChI is InChI=1S/C16H33F3N/c1-4-7-12-20(13-8-5-2,14-9-6-3)15-10-11-16(17,18)19/h4-15H2,1-3H3/q+1. The molecule has 0 rings (SSSR count). The first kappa shape index (κ1) is 19.8. The summed E-state index contributed by atoms with van der Waals surface area (Å²) in [4.78, 5) is 0. The molecular formula is C16H33F3N+. The Morgan fingerprint density at radius 3 is 1.30 bits per heavy atom. The number of quaternary nitrogens is 1. The Morgan fingerprint density at radius 2 is 1.00 bits per heavy atom. The van der Waals surface area contributed by atoms with Crippen molar-refractivity contribution in [3.05, 3.63) is 0 Å². The number of rotatable bonds is 12. The summed E-state index contributed by atoms with van der Waals surface area (Å²) in [5, 5.41) is 0. The van der Waals surface area contributed by atoms with Gasteiger partial charge in [-0.15, -0.1) is 0 Å². The molecule has 0 saturated heterocycles. The van der Waals surface area contributed by atoms with Crippen molar-refractivity contribution in [2.24, 2.45) is 0 Å². The second kappa shape index (κ2) is 10.5. The van der Waals surface area contributed by atoms with Crippen LogP contribution >= 0.6 is 0 Å². The fourth-order valence-electron chi connectivity index (χ4n) is 2.77. The first-order valence-electron chi connectivity index (χ1n) is 8.31. The second-order valence-electron chi connectivity index (χ2n) is 6.02. The molecule has 0 fully saturated rings. The fourth-order valence-corrected chi connectivity index (χ4v) is 2.77. The van der Waals surface area contributed by atoms with Crippen LogP contribution in [0.3, 0.4) is 0 Å². The van der Waals surface area contributed by atoms with Gasteiger partial charge in [-0.25, -0.2) is 0 Å². The molecule has 0 amide bonds. The summed E-state index contributed by atoms with van der Waals surface area (Å²) < 4.78 is 38.0. The molecule has 0 radical (unpaired) electrons. The lowest BCUT2D eigenvalue weighted by Crippen LogP contribution is -2.51. The molecule has 0 bridgehead atoms. The Morgan fingerprint density at radius 1 is 0.650 bits per heavy atom. The molecule has 0 aliphatic heterocycles. The zero-order valence-electron chi connectivity index (χ0n) is 13.6. The minimum Gasteiger partial charge on any atom is -0.324 e. The third kappa shape index (κ3) is 9.62. The van der Waals surface area contributed by atoms with Crippen LogP contribution in [0.4, 0.5) is 13.2 Å². The van der Waals surface area contributed by atoms with Crippen LogP contribution < -0.4 is 0 Å². The van der Waals surface area contributed by atoms with Crippen LogP contribution in [-0.4, -0.2) is 36.8 Å². The predicted molar refractivity (Wildman–Crippen MR) is 79.7 cm³/mol. The first-order chi connectivity index (χ1) is 9.39. The van der Waals surface area contributed by atoms with E-state index in [9.17, 15) is 13.2 Å². The molecule has 0 aromatic rings. The van der Waals surface area contributed by atoms with E-state index in [2.05, 4.69) is 20.8 Å². The van der Waals surface area contributed by atoms with Gasteiger partial charge in [-0.05, 0) is 19.3 Å². The summed E-state index contributed by atoms with van der Waals surface area (Å²) in [6.45, 7) is 10.3. The number of halogens is 3. The van der Waals surface area contributed by atoms with Crippen molar-refractivity contribution in [3.63, 3.8) is 0 Å². The van der Waals surface area contributed by atoms with Gasteiger partial charge in [0.25, 0.3) is 0 Å². The van der Waals surface area contributed by atoms with Crippen LogP contribution in [0.15, 0.2) is 0 Å². The molecule has 0 aromatic heterocycles. The molecule has 0 unspecified atom stereocenters. The van der Waals surface area contributed by atoms with E-state index < -0.39 is 12.6 Å². The molecule has 122 valence electrons. The molecule has 1 nitrogen and oxygen atoms in total. The van der Waals surface area contributed by atoms with Crippen LogP contribution in [0.2, 0.25) is 0 Å². The molecule has 0 atom stereocenters.